The lowest BCUT2D eigenvalue weighted by molar-refractivity contribution is -0.126. The molecule has 0 radical (unpaired) electrons. The molecule has 29 heavy (non-hydrogen) atoms. The number of aromatic nitrogens is 2. The fraction of sp³-hybridized carbons (Fsp3) is 0.174. The molecule has 1 aliphatic rings. The molecule has 1 saturated heterocycles. The van der Waals surface area contributed by atoms with Crippen LogP contribution in [0.25, 0.3) is 21.8 Å². The Kier molecular flexibility index (Phi) is 4.24. The minimum atomic E-state index is -0.370. The number of imidazole rings is 1. The van der Waals surface area contributed by atoms with Crippen molar-refractivity contribution >= 4 is 39.3 Å². The van der Waals surface area contributed by atoms with Crippen LogP contribution in [0.1, 0.15) is 12.2 Å². The smallest absolute Gasteiger partial charge is 0.227 e. The summed E-state index contributed by atoms with van der Waals surface area (Å²) in [5, 5.41) is 5.02. The van der Waals surface area contributed by atoms with E-state index in [0.29, 0.717) is 18.9 Å². The van der Waals surface area contributed by atoms with Crippen molar-refractivity contribution in [2.45, 2.75) is 13.0 Å². The molecule has 6 heteroatoms. The van der Waals surface area contributed by atoms with Crippen molar-refractivity contribution in [2.75, 3.05) is 11.4 Å². The van der Waals surface area contributed by atoms with Crippen molar-refractivity contribution in [3.63, 3.8) is 0 Å². The molecule has 4 aromatic rings. The fourth-order valence-corrected chi connectivity index (χ4v) is 3.96. The minimum Gasteiger partial charge on any atom is -0.349 e. The van der Waals surface area contributed by atoms with E-state index in [1.807, 2.05) is 66.7 Å². The lowest BCUT2D eigenvalue weighted by Crippen LogP contribution is -2.32. The summed E-state index contributed by atoms with van der Waals surface area (Å²) in [4.78, 5) is 34.7. The van der Waals surface area contributed by atoms with Gasteiger partial charge in [0.25, 0.3) is 0 Å². The van der Waals surface area contributed by atoms with Crippen LogP contribution in [0.4, 0.5) is 5.69 Å². The number of rotatable bonds is 4. The number of fused-ring (bicyclic) bond motifs is 2. The number of hydrogen-bond acceptors (Lipinski definition) is 3. The highest BCUT2D eigenvalue weighted by molar-refractivity contribution is 6.07. The van der Waals surface area contributed by atoms with Gasteiger partial charge in [0.2, 0.25) is 11.8 Å². The standard InChI is InChI=1S/C23H20N4O2/c28-22-12-16(14-27(22)20-11-5-7-15-6-1-2-8-17(15)20)23(29)24-13-21-25-18-9-3-4-10-19(18)26-21/h1-11,16H,12-14H2,(H,24,29)(H,25,26). The Morgan fingerprint density at radius 2 is 1.86 bits per heavy atom. The number of carbonyl (C=O) groups excluding carboxylic acids is 2. The van der Waals surface area contributed by atoms with Crippen LogP contribution in [0.3, 0.4) is 0 Å². The molecule has 2 amide bonds. The molecule has 0 bridgehead atoms. The zero-order valence-electron chi connectivity index (χ0n) is 15.8. The highest BCUT2D eigenvalue weighted by atomic mass is 16.2. The Labute approximate surface area is 167 Å². The summed E-state index contributed by atoms with van der Waals surface area (Å²) in [6, 6.07) is 21.6. The Hall–Kier alpha value is -3.67. The van der Waals surface area contributed by atoms with E-state index in [1.165, 1.54) is 0 Å². The number of nitrogens with one attached hydrogen (secondary N) is 2. The zero-order chi connectivity index (χ0) is 19.8. The van der Waals surface area contributed by atoms with E-state index in [4.69, 9.17) is 0 Å². The predicted octanol–water partition coefficient (Wildman–Crippen LogP) is 3.39. The van der Waals surface area contributed by atoms with Crippen LogP contribution in [-0.4, -0.2) is 28.3 Å². The van der Waals surface area contributed by atoms with Crippen molar-refractivity contribution in [2.24, 2.45) is 5.92 Å². The Balaban J connectivity index is 1.30. The molecule has 1 aliphatic heterocycles. The molecule has 0 saturated carbocycles. The molecule has 1 fully saturated rings. The topological polar surface area (TPSA) is 78.1 Å². The highest BCUT2D eigenvalue weighted by Crippen LogP contribution is 2.31. The van der Waals surface area contributed by atoms with Gasteiger partial charge in [-0.25, -0.2) is 4.98 Å². The van der Waals surface area contributed by atoms with Crippen LogP contribution in [0.2, 0.25) is 0 Å². The summed E-state index contributed by atoms with van der Waals surface area (Å²) in [7, 11) is 0. The van der Waals surface area contributed by atoms with E-state index in [0.717, 1.165) is 27.5 Å². The lowest BCUT2D eigenvalue weighted by atomic mass is 10.1. The maximum absolute atomic E-state index is 12.7. The summed E-state index contributed by atoms with van der Waals surface area (Å²) >= 11 is 0. The van der Waals surface area contributed by atoms with Gasteiger partial charge in [0.05, 0.1) is 29.2 Å². The van der Waals surface area contributed by atoms with Gasteiger partial charge in [-0.05, 0) is 23.6 Å². The normalized spacial score (nSPS) is 16.6. The van der Waals surface area contributed by atoms with Crippen molar-refractivity contribution in [1.29, 1.82) is 0 Å². The van der Waals surface area contributed by atoms with Crippen molar-refractivity contribution in [3.05, 3.63) is 72.6 Å². The van der Waals surface area contributed by atoms with Gasteiger partial charge in [-0.2, -0.15) is 0 Å². The molecule has 5 rings (SSSR count). The maximum atomic E-state index is 12.7. The molecule has 2 N–H and O–H groups in total. The number of hydrogen-bond donors (Lipinski definition) is 2. The number of aromatic amines is 1. The van der Waals surface area contributed by atoms with E-state index in [9.17, 15) is 9.59 Å². The first-order valence-corrected chi connectivity index (χ1v) is 9.68. The van der Waals surface area contributed by atoms with Gasteiger partial charge in [-0.1, -0.05) is 48.5 Å². The molecule has 1 aromatic heterocycles. The number of benzene rings is 3. The van der Waals surface area contributed by atoms with Crippen LogP contribution in [0.15, 0.2) is 66.7 Å². The lowest BCUT2D eigenvalue weighted by Gasteiger charge is -2.19. The molecular formula is C23H20N4O2. The van der Waals surface area contributed by atoms with Crippen LogP contribution in [-0.2, 0) is 16.1 Å². The predicted molar refractivity (Wildman–Crippen MR) is 112 cm³/mol. The van der Waals surface area contributed by atoms with Gasteiger partial charge in [0.15, 0.2) is 0 Å². The number of anilines is 1. The van der Waals surface area contributed by atoms with E-state index in [1.54, 1.807) is 4.90 Å². The molecule has 3 aromatic carbocycles. The SMILES string of the molecule is O=C(NCc1nc2ccccc2[nH]1)C1CC(=O)N(c2cccc3ccccc23)C1. The summed E-state index contributed by atoms with van der Waals surface area (Å²) in [5.74, 6) is 0.187. The van der Waals surface area contributed by atoms with Crippen LogP contribution in [0.5, 0.6) is 0 Å². The zero-order valence-corrected chi connectivity index (χ0v) is 15.8. The Morgan fingerprint density at radius 3 is 2.76 bits per heavy atom. The molecule has 2 heterocycles. The number of carbonyl (C=O) groups is 2. The third-order valence-corrected chi connectivity index (χ3v) is 5.42. The van der Waals surface area contributed by atoms with E-state index >= 15 is 0 Å². The van der Waals surface area contributed by atoms with Gasteiger partial charge >= 0.3 is 0 Å². The van der Waals surface area contributed by atoms with Gasteiger partial charge in [0.1, 0.15) is 5.82 Å². The third kappa shape index (κ3) is 3.23. The molecule has 1 atom stereocenters. The van der Waals surface area contributed by atoms with Crippen molar-refractivity contribution in [3.8, 4) is 0 Å². The number of nitrogens with zero attached hydrogens (tertiary/aromatic N) is 2. The fourth-order valence-electron chi connectivity index (χ4n) is 3.96. The van der Waals surface area contributed by atoms with Crippen molar-refractivity contribution < 1.29 is 9.59 Å². The van der Waals surface area contributed by atoms with Gasteiger partial charge < -0.3 is 15.2 Å². The van der Waals surface area contributed by atoms with Crippen LogP contribution < -0.4 is 10.2 Å². The summed E-state index contributed by atoms with van der Waals surface area (Å²) in [6.07, 6.45) is 0.217. The quantitative estimate of drug-likeness (QED) is 0.566. The Morgan fingerprint density at radius 1 is 1.07 bits per heavy atom. The first-order chi connectivity index (χ1) is 14.2. The highest BCUT2D eigenvalue weighted by Gasteiger charge is 2.35. The first kappa shape index (κ1) is 17.4. The van der Waals surface area contributed by atoms with E-state index in [-0.39, 0.29) is 24.2 Å². The average molecular weight is 384 g/mol. The van der Waals surface area contributed by atoms with E-state index < -0.39 is 0 Å². The monoisotopic (exact) mass is 384 g/mol. The first-order valence-electron chi connectivity index (χ1n) is 9.68. The summed E-state index contributed by atoms with van der Waals surface area (Å²) in [5.41, 5.74) is 2.67. The minimum absolute atomic E-state index is 0.0229. The molecular weight excluding hydrogens is 364 g/mol. The molecule has 6 nitrogen and oxygen atoms in total. The van der Waals surface area contributed by atoms with Gasteiger partial charge in [0, 0.05) is 18.4 Å². The molecule has 1 unspecified atom stereocenters. The maximum Gasteiger partial charge on any atom is 0.227 e. The number of amides is 2. The summed E-state index contributed by atoms with van der Waals surface area (Å²) < 4.78 is 0. The molecule has 0 aliphatic carbocycles. The Bertz CT molecular complexity index is 1190. The second-order valence-corrected chi connectivity index (χ2v) is 7.32. The second kappa shape index (κ2) is 7.05. The van der Waals surface area contributed by atoms with Crippen LogP contribution in [0, 0.1) is 5.92 Å². The van der Waals surface area contributed by atoms with Gasteiger partial charge in [-0.15, -0.1) is 0 Å². The molecule has 144 valence electrons. The third-order valence-electron chi connectivity index (χ3n) is 5.42. The van der Waals surface area contributed by atoms with Gasteiger partial charge in [-0.3, -0.25) is 9.59 Å². The van der Waals surface area contributed by atoms with E-state index in [2.05, 4.69) is 15.3 Å². The average Bonchev–Trinajstić information content (AvgIpc) is 3.34. The second-order valence-electron chi connectivity index (χ2n) is 7.32. The summed E-state index contributed by atoms with van der Waals surface area (Å²) in [6.45, 7) is 0.700. The molecule has 0 spiro atoms. The number of para-hydroxylation sites is 2. The largest absolute Gasteiger partial charge is 0.349 e. The van der Waals surface area contributed by atoms with Crippen LogP contribution >= 0.6 is 0 Å². The number of H-pyrrole nitrogens is 1. The van der Waals surface area contributed by atoms with Crippen molar-refractivity contribution in [1.82, 2.24) is 15.3 Å².